The van der Waals surface area contributed by atoms with Crippen LogP contribution in [-0.2, 0) is 17.1 Å². The molecule has 0 aromatic heterocycles. The van der Waals surface area contributed by atoms with Crippen LogP contribution in [0.5, 0.6) is 5.75 Å². The van der Waals surface area contributed by atoms with Crippen molar-refractivity contribution in [1.82, 2.24) is 4.90 Å². The predicted octanol–water partition coefficient (Wildman–Crippen LogP) is 7.16. The standard InChI is InChI=1S/C30H32F6N4O2/c31-29(32,33)22-11-8-20(9-12-22)5-1-2-17-42-27-13-10-21(19-23(27)30(34,35)36)24-6-4-16-41-18-14-25(39-24)26-7-3-15-40(26)28(37)38/h1,5-6,8-13,19,26H,2-4,7,14-18H2,(H3,37,38)/b5-1+,24-6-,39-25+/t26-/m0/s1. The maximum Gasteiger partial charge on any atom is 0.419 e. The zero-order chi connectivity index (χ0) is 30.3. The van der Waals surface area contributed by atoms with Crippen molar-refractivity contribution in [3.63, 3.8) is 0 Å². The summed E-state index contributed by atoms with van der Waals surface area (Å²) in [6.45, 7) is 1.37. The Morgan fingerprint density at radius 3 is 2.52 bits per heavy atom. The second kappa shape index (κ2) is 13.5. The summed E-state index contributed by atoms with van der Waals surface area (Å²) in [5.74, 6) is -0.398. The summed E-state index contributed by atoms with van der Waals surface area (Å²) in [6, 6.07) is 8.18. The lowest BCUT2D eigenvalue weighted by Crippen LogP contribution is -2.44. The number of likely N-dealkylation sites (tertiary alicyclic amines) is 1. The van der Waals surface area contributed by atoms with Crippen molar-refractivity contribution < 1.29 is 35.8 Å². The number of halogens is 6. The second-order valence-electron chi connectivity index (χ2n) is 9.95. The quantitative estimate of drug-likeness (QED) is 0.154. The number of ether oxygens (including phenoxy) is 2. The lowest BCUT2D eigenvalue weighted by Gasteiger charge is -2.26. The molecule has 226 valence electrons. The fourth-order valence-corrected chi connectivity index (χ4v) is 4.92. The normalized spacial score (nSPS) is 21.2. The number of alkyl halides is 6. The average molecular weight is 595 g/mol. The fraction of sp³-hybridized carbons (Fsp3) is 0.400. The van der Waals surface area contributed by atoms with Gasteiger partial charge in [-0.25, -0.2) is 0 Å². The molecule has 2 heterocycles. The van der Waals surface area contributed by atoms with E-state index in [9.17, 15) is 26.3 Å². The maximum atomic E-state index is 14.1. The molecule has 0 unspecified atom stereocenters. The summed E-state index contributed by atoms with van der Waals surface area (Å²) in [5.41, 5.74) is 5.98. The third kappa shape index (κ3) is 8.15. The number of hydrogen-bond donors (Lipinski definition) is 2. The third-order valence-corrected chi connectivity index (χ3v) is 6.98. The molecular formula is C30H32F6N4O2. The summed E-state index contributed by atoms with van der Waals surface area (Å²) < 4.78 is 91.5. The van der Waals surface area contributed by atoms with Crippen molar-refractivity contribution in [2.24, 2.45) is 10.7 Å². The summed E-state index contributed by atoms with van der Waals surface area (Å²) in [5, 5.41) is 7.89. The predicted molar refractivity (Wildman–Crippen MR) is 149 cm³/mol. The zero-order valence-corrected chi connectivity index (χ0v) is 22.8. The van der Waals surface area contributed by atoms with Crippen LogP contribution in [0.25, 0.3) is 11.8 Å². The molecule has 2 aliphatic rings. The molecule has 0 bridgehead atoms. The number of rotatable bonds is 7. The van der Waals surface area contributed by atoms with Gasteiger partial charge in [-0.2, -0.15) is 26.3 Å². The molecule has 2 aromatic rings. The maximum absolute atomic E-state index is 14.1. The smallest absolute Gasteiger partial charge is 0.419 e. The van der Waals surface area contributed by atoms with E-state index in [1.165, 1.54) is 24.3 Å². The molecule has 0 saturated carbocycles. The number of hydrogen-bond acceptors (Lipinski definition) is 4. The van der Waals surface area contributed by atoms with Crippen LogP contribution in [0, 0.1) is 5.41 Å². The molecule has 4 rings (SSSR count). The van der Waals surface area contributed by atoms with Crippen molar-refractivity contribution in [1.29, 1.82) is 5.41 Å². The highest BCUT2D eigenvalue weighted by Gasteiger charge is 2.35. The summed E-state index contributed by atoms with van der Waals surface area (Å²) in [7, 11) is 0. The number of nitrogens with two attached hydrogens (primary N) is 1. The van der Waals surface area contributed by atoms with Crippen molar-refractivity contribution in [3.05, 3.63) is 76.9 Å². The van der Waals surface area contributed by atoms with Crippen LogP contribution in [0.2, 0.25) is 0 Å². The molecule has 1 fully saturated rings. The Morgan fingerprint density at radius 1 is 1.07 bits per heavy atom. The first-order valence-corrected chi connectivity index (χ1v) is 13.6. The van der Waals surface area contributed by atoms with E-state index < -0.39 is 23.5 Å². The first-order chi connectivity index (χ1) is 19.9. The van der Waals surface area contributed by atoms with Crippen molar-refractivity contribution in [3.8, 4) is 5.75 Å². The Balaban J connectivity index is 1.50. The number of nitrogens with one attached hydrogen (secondary N) is 1. The largest absolute Gasteiger partial charge is 0.493 e. The minimum atomic E-state index is -4.69. The van der Waals surface area contributed by atoms with E-state index in [2.05, 4.69) is 0 Å². The summed E-state index contributed by atoms with van der Waals surface area (Å²) >= 11 is 0. The number of benzene rings is 2. The highest BCUT2D eigenvalue weighted by atomic mass is 19.4. The number of nitrogens with zero attached hydrogens (tertiary/aromatic N) is 2. The van der Waals surface area contributed by atoms with E-state index in [-0.39, 0.29) is 36.3 Å². The van der Waals surface area contributed by atoms with Gasteiger partial charge >= 0.3 is 12.4 Å². The molecule has 0 aliphatic carbocycles. The van der Waals surface area contributed by atoms with Gasteiger partial charge in [0, 0.05) is 24.2 Å². The van der Waals surface area contributed by atoms with Crippen LogP contribution >= 0.6 is 0 Å². The number of aliphatic imine (C=N–C) groups is 1. The van der Waals surface area contributed by atoms with Crippen LogP contribution in [0.15, 0.2) is 59.6 Å². The summed E-state index contributed by atoms with van der Waals surface area (Å²) in [4.78, 5) is 6.54. The Labute approximate surface area is 240 Å². The van der Waals surface area contributed by atoms with E-state index in [1.807, 2.05) is 0 Å². The molecule has 0 spiro atoms. The van der Waals surface area contributed by atoms with E-state index >= 15 is 0 Å². The van der Waals surface area contributed by atoms with Gasteiger partial charge in [0.15, 0.2) is 5.96 Å². The molecule has 0 amide bonds. The van der Waals surface area contributed by atoms with Crippen LogP contribution in [-0.4, -0.2) is 49.0 Å². The Hall–Kier alpha value is -3.80. The molecule has 6 nitrogen and oxygen atoms in total. The lowest BCUT2D eigenvalue weighted by molar-refractivity contribution is -0.139. The summed E-state index contributed by atoms with van der Waals surface area (Å²) in [6.07, 6.45) is -1.41. The molecule has 42 heavy (non-hydrogen) atoms. The lowest BCUT2D eigenvalue weighted by atomic mass is 10.0. The van der Waals surface area contributed by atoms with Gasteiger partial charge in [0.25, 0.3) is 0 Å². The monoisotopic (exact) mass is 594 g/mol. The van der Waals surface area contributed by atoms with Gasteiger partial charge in [-0.15, -0.1) is 0 Å². The Morgan fingerprint density at radius 2 is 1.83 bits per heavy atom. The molecule has 2 aromatic carbocycles. The van der Waals surface area contributed by atoms with Gasteiger partial charge in [-0.1, -0.05) is 30.4 Å². The molecule has 3 N–H and O–H groups in total. The van der Waals surface area contributed by atoms with E-state index in [0.717, 1.165) is 31.0 Å². The molecule has 0 radical (unpaired) electrons. The molecule has 1 atom stereocenters. The Kier molecular flexibility index (Phi) is 9.97. The van der Waals surface area contributed by atoms with Gasteiger partial charge in [-0.05, 0) is 61.6 Å². The molecule has 12 heteroatoms. The van der Waals surface area contributed by atoms with E-state index in [4.69, 9.17) is 25.6 Å². The highest BCUT2D eigenvalue weighted by Crippen LogP contribution is 2.38. The van der Waals surface area contributed by atoms with Crippen molar-refractivity contribution in [2.45, 2.75) is 50.5 Å². The molecular weight excluding hydrogens is 562 g/mol. The van der Waals surface area contributed by atoms with E-state index in [1.54, 1.807) is 23.1 Å². The minimum Gasteiger partial charge on any atom is -0.493 e. The SMILES string of the molecule is N=C(N)N1CCC[C@H]1/C1=N/C(c2ccc(OCC/C=C/c3ccc(C(F)(F)F)cc3)c(C(F)(F)F)c2)=C\CCOCC1. The van der Waals surface area contributed by atoms with Crippen LogP contribution in [0.4, 0.5) is 26.3 Å². The van der Waals surface area contributed by atoms with E-state index in [0.29, 0.717) is 49.6 Å². The second-order valence-corrected chi connectivity index (χ2v) is 9.95. The first kappa shape index (κ1) is 31.1. The van der Waals surface area contributed by atoms with Gasteiger partial charge in [0.1, 0.15) is 5.75 Å². The van der Waals surface area contributed by atoms with Crippen molar-refractivity contribution in [2.75, 3.05) is 26.4 Å². The zero-order valence-electron chi connectivity index (χ0n) is 22.8. The third-order valence-electron chi connectivity index (χ3n) is 6.98. The fourth-order valence-electron chi connectivity index (χ4n) is 4.92. The first-order valence-electron chi connectivity index (χ1n) is 13.6. The van der Waals surface area contributed by atoms with Gasteiger partial charge in [0.05, 0.1) is 42.7 Å². The minimum absolute atomic E-state index is 0.0650. The highest BCUT2D eigenvalue weighted by molar-refractivity contribution is 5.97. The van der Waals surface area contributed by atoms with Gasteiger partial charge in [-0.3, -0.25) is 10.4 Å². The molecule has 1 saturated heterocycles. The van der Waals surface area contributed by atoms with Crippen LogP contribution < -0.4 is 10.5 Å². The van der Waals surface area contributed by atoms with Crippen molar-refractivity contribution >= 4 is 23.4 Å². The van der Waals surface area contributed by atoms with Gasteiger partial charge < -0.3 is 20.1 Å². The molecule has 2 aliphatic heterocycles. The van der Waals surface area contributed by atoms with Crippen LogP contribution in [0.3, 0.4) is 0 Å². The van der Waals surface area contributed by atoms with Gasteiger partial charge in [0.2, 0.25) is 0 Å². The Bertz CT molecular complexity index is 1330. The number of guanidine groups is 1. The topological polar surface area (TPSA) is 83.9 Å². The average Bonchev–Trinajstić information content (AvgIpc) is 3.46. The van der Waals surface area contributed by atoms with Crippen LogP contribution in [0.1, 0.15) is 54.4 Å².